The lowest BCUT2D eigenvalue weighted by Gasteiger charge is -2.36. The third-order valence-corrected chi connectivity index (χ3v) is 8.75. The summed E-state index contributed by atoms with van der Waals surface area (Å²) in [4.78, 5) is 2.19. The summed E-state index contributed by atoms with van der Waals surface area (Å²) in [5.41, 5.74) is 7.66. The van der Waals surface area contributed by atoms with Gasteiger partial charge in [0.15, 0.2) is 0 Å². The Balaban J connectivity index is 1.61. The Hall–Kier alpha value is -2.23. The van der Waals surface area contributed by atoms with E-state index in [4.69, 9.17) is 0 Å². The van der Waals surface area contributed by atoms with Gasteiger partial charge in [-0.2, -0.15) is 13.2 Å². The first-order valence-electron chi connectivity index (χ1n) is 14.3. The quantitative estimate of drug-likeness (QED) is 0.302. The highest BCUT2D eigenvalue weighted by atomic mass is 19.4. The molecule has 0 fully saturated rings. The van der Waals surface area contributed by atoms with Crippen LogP contribution in [0.15, 0.2) is 59.8 Å². The molecule has 0 radical (unpaired) electrons. The molecular formula is C33H44F3N. The molecule has 0 bridgehead atoms. The van der Waals surface area contributed by atoms with Crippen LogP contribution in [0, 0.1) is 17.3 Å². The number of hydrogen-bond donors (Lipinski definition) is 0. The minimum atomic E-state index is -4.22. The number of alkyl halides is 3. The van der Waals surface area contributed by atoms with E-state index in [9.17, 15) is 13.2 Å². The van der Waals surface area contributed by atoms with Gasteiger partial charge >= 0.3 is 6.18 Å². The third kappa shape index (κ3) is 6.10. The molecule has 1 aromatic rings. The van der Waals surface area contributed by atoms with Crippen molar-refractivity contribution in [3.05, 3.63) is 71.0 Å². The molecule has 3 unspecified atom stereocenters. The van der Waals surface area contributed by atoms with Crippen LogP contribution in [0.3, 0.4) is 0 Å². The van der Waals surface area contributed by atoms with Crippen LogP contribution in [0.5, 0.6) is 0 Å². The zero-order chi connectivity index (χ0) is 26.8. The number of benzene rings is 1. The Labute approximate surface area is 222 Å². The van der Waals surface area contributed by atoms with Crippen molar-refractivity contribution in [2.24, 2.45) is 17.3 Å². The maximum Gasteiger partial charge on any atom is 0.395 e. The molecule has 4 rings (SSSR count). The van der Waals surface area contributed by atoms with Crippen LogP contribution in [-0.2, 0) is 6.42 Å². The van der Waals surface area contributed by atoms with Crippen LogP contribution in [0.4, 0.5) is 18.9 Å². The predicted octanol–water partition coefficient (Wildman–Crippen LogP) is 10.2. The highest BCUT2D eigenvalue weighted by molar-refractivity contribution is 5.79. The summed E-state index contributed by atoms with van der Waals surface area (Å²) in [7, 11) is 0. The zero-order valence-electron chi connectivity index (χ0n) is 23.3. The summed E-state index contributed by atoms with van der Waals surface area (Å²) in [5.74, 6) is -0.917. The van der Waals surface area contributed by atoms with Gasteiger partial charge in [0.25, 0.3) is 0 Å². The minimum Gasteiger partial charge on any atom is -0.342 e. The van der Waals surface area contributed by atoms with Crippen molar-refractivity contribution in [2.45, 2.75) is 105 Å². The van der Waals surface area contributed by atoms with Crippen molar-refractivity contribution in [3.8, 4) is 0 Å². The minimum absolute atomic E-state index is 0.00144. The first-order chi connectivity index (χ1) is 17.5. The molecule has 3 aliphatic rings. The van der Waals surface area contributed by atoms with Gasteiger partial charge in [-0.3, -0.25) is 0 Å². The van der Waals surface area contributed by atoms with Crippen molar-refractivity contribution >= 4 is 11.3 Å². The van der Waals surface area contributed by atoms with E-state index in [0.29, 0.717) is 5.92 Å². The van der Waals surface area contributed by atoms with Gasteiger partial charge in [0.2, 0.25) is 0 Å². The van der Waals surface area contributed by atoms with Gasteiger partial charge in [0, 0.05) is 23.8 Å². The first kappa shape index (κ1) is 27.8. The van der Waals surface area contributed by atoms with Crippen LogP contribution >= 0.6 is 0 Å². The topological polar surface area (TPSA) is 3.24 Å². The fourth-order valence-electron chi connectivity index (χ4n) is 6.39. The Morgan fingerprint density at radius 3 is 2.43 bits per heavy atom. The lowest BCUT2D eigenvalue weighted by molar-refractivity contribution is -0.161. The molecule has 0 saturated carbocycles. The maximum atomic E-state index is 13.6. The molecule has 202 valence electrons. The van der Waals surface area contributed by atoms with Crippen LogP contribution in [0.2, 0.25) is 0 Å². The number of nitrogens with zero attached hydrogens (tertiary/aromatic N) is 1. The van der Waals surface area contributed by atoms with E-state index in [1.54, 1.807) is 11.6 Å². The number of allylic oxidation sites excluding steroid dienone is 8. The summed E-state index contributed by atoms with van der Waals surface area (Å²) in [6.07, 6.45) is 14.2. The largest absolute Gasteiger partial charge is 0.395 e. The molecule has 0 saturated heterocycles. The Bertz CT molecular complexity index is 1090. The lowest BCUT2D eigenvalue weighted by atomic mass is 9.73. The molecule has 4 heteroatoms. The van der Waals surface area contributed by atoms with Gasteiger partial charge in [-0.05, 0) is 78.8 Å². The van der Waals surface area contributed by atoms with Crippen molar-refractivity contribution in [3.63, 3.8) is 0 Å². The van der Waals surface area contributed by atoms with E-state index in [1.807, 2.05) is 6.08 Å². The van der Waals surface area contributed by atoms with E-state index in [1.165, 1.54) is 42.0 Å². The van der Waals surface area contributed by atoms with Crippen LogP contribution < -0.4 is 4.90 Å². The molecular weight excluding hydrogens is 467 g/mol. The van der Waals surface area contributed by atoms with E-state index in [-0.39, 0.29) is 17.9 Å². The van der Waals surface area contributed by atoms with Crippen molar-refractivity contribution < 1.29 is 13.2 Å². The maximum absolute atomic E-state index is 13.6. The van der Waals surface area contributed by atoms with Crippen molar-refractivity contribution in [2.75, 3.05) is 4.90 Å². The van der Waals surface area contributed by atoms with E-state index >= 15 is 0 Å². The molecule has 3 aliphatic carbocycles. The van der Waals surface area contributed by atoms with Gasteiger partial charge in [-0.25, -0.2) is 0 Å². The summed E-state index contributed by atoms with van der Waals surface area (Å²) in [6.45, 7) is 11.3. The standard InChI is InChI=1S/C33H44F3N/c1-6-8-11-23(3)37(28-13-10-12-27(22-28)33(34,35)36)29-15-17-31-25(21-29)19-24-20-26(14-16-30(24)31)32(4,5)18-9-7-2/h10,12-17,21,23-24,27H,6-9,11,18-20,22H2,1-5H3. The summed E-state index contributed by atoms with van der Waals surface area (Å²) >= 11 is 0. The van der Waals surface area contributed by atoms with Gasteiger partial charge < -0.3 is 4.90 Å². The van der Waals surface area contributed by atoms with E-state index in [0.717, 1.165) is 43.5 Å². The highest BCUT2D eigenvalue weighted by Crippen LogP contribution is 2.48. The SMILES string of the molecule is CCCCC(C)N(C1=CC=CC(C(F)(F)F)C1)c1ccc2c(c1)CC1CC(C(C)(C)CCCC)=CC=C21. The molecule has 0 aliphatic heterocycles. The zero-order valence-corrected chi connectivity index (χ0v) is 23.3. The average molecular weight is 512 g/mol. The normalized spacial score (nSPS) is 22.1. The highest BCUT2D eigenvalue weighted by Gasteiger charge is 2.40. The molecule has 1 nitrogen and oxygen atoms in total. The molecule has 37 heavy (non-hydrogen) atoms. The number of halogens is 3. The summed E-state index contributed by atoms with van der Waals surface area (Å²) in [5, 5.41) is 0. The monoisotopic (exact) mass is 511 g/mol. The van der Waals surface area contributed by atoms with Crippen LogP contribution in [0.1, 0.15) is 97.1 Å². The number of hydrogen-bond acceptors (Lipinski definition) is 1. The first-order valence-corrected chi connectivity index (χ1v) is 14.3. The van der Waals surface area contributed by atoms with Gasteiger partial charge in [0.05, 0.1) is 5.92 Å². The van der Waals surface area contributed by atoms with Gasteiger partial charge in [-0.1, -0.05) is 89.3 Å². The number of unbranched alkanes of at least 4 members (excludes halogenated alkanes) is 2. The molecule has 3 atom stereocenters. The third-order valence-electron chi connectivity index (χ3n) is 8.75. The van der Waals surface area contributed by atoms with Gasteiger partial charge in [-0.15, -0.1) is 0 Å². The second kappa shape index (κ2) is 11.3. The van der Waals surface area contributed by atoms with E-state index < -0.39 is 12.1 Å². The second-order valence-electron chi connectivity index (χ2n) is 12.0. The molecule has 1 aromatic carbocycles. The average Bonchev–Trinajstić information content (AvgIpc) is 3.23. The molecule has 0 heterocycles. The predicted molar refractivity (Wildman–Crippen MR) is 150 cm³/mol. The molecule has 0 amide bonds. The summed E-state index contributed by atoms with van der Waals surface area (Å²) < 4.78 is 40.8. The molecule has 0 N–H and O–H groups in total. The number of rotatable bonds is 10. The van der Waals surface area contributed by atoms with Gasteiger partial charge in [0.1, 0.15) is 0 Å². The lowest BCUT2D eigenvalue weighted by Crippen LogP contribution is -2.35. The summed E-state index contributed by atoms with van der Waals surface area (Å²) in [6, 6.07) is 6.76. The van der Waals surface area contributed by atoms with Crippen molar-refractivity contribution in [1.29, 1.82) is 0 Å². The van der Waals surface area contributed by atoms with Crippen LogP contribution in [0.25, 0.3) is 5.57 Å². The Morgan fingerprint density at radius 1 is 0.973 bits per heavy atom. The second-order valence-corrected chi connectivity index (χ2v) is 12.0. The number of anilines is 1. The fourth-order valence-corrected chi connectivity index (χ4v) is 6.39. The number of fused-ring (bicyclic) bond motifs is 3. The van der Waals surface area contributed by atoms with E-state index in [2.05, 4.69) is 69.9 Å². The van der Waals surface area contributed by atoms with Crippen molar-refractivity contribution in [1.82, 2.24) is 0 Å². The molecule has 0 aromatic heterocycles. The Morgan fingerprint density at radius 2 is 1.73 bits per heavy atom. The molecule has 0 spiro atoms. The van der Waals surface area contributed by atoms with Crippen LogP contribution in [-0.4, -0.2) is 12.2 Å². The smallest absolute Gasteiger partial charge is 0.342 e. The fraction of sp³-hybridized carbons (Fsp3) is 0.576. The Kier molecular flexibility index (Phi) is 8.45.